The zero-order valence-corrected chi connectivity index (χ0v) is 14.7. The van der Waals surface area contributed by atoms with Crippen LogP contribution in [0.5, 0.6) is 0 Å². The number of rotatable bonds is 7. The zero-order valence-electron chi connectivity index (χ0n) is 14.7. The van der Waals surface area contributed by atoms with Crippen LogP contribution in [-0.2, 0) is 4.74 Å². The van der Waals surface area contributed by atoms with Gasteiger partial charge in [-0.25, -0.2) is 13.6 Å². The second kappa shape index (κ2) is 10.1. The average molecular weight is 347 g/mol. The minimum atomic E-state index is -2.29. The van der Waals surface area contributed by atoms with E-state index in [2.05, 4.69) is 12.2 Å². The molecule has 0 aliphatic carbocycles. The third-order valence-corrected chi connectivity index (χ3v) is 4.79. The van der Waals surface area contributed by atoms with Crippen molar-refractivity contribution >= 4 is 6.03 Å². The molecule has 2 aliphatic rings. The summed E-state index contributed by atoms with van der Waals surface area (Å²) in [5, 5.41) is 3.08. The van der Waals surface area contributed by atoms with Gasteiger partial charge in [0.1, 0.15) is 0 Å². The van der Waals surface area contributed by atoms with E-state index in [1.54, 1.807) is 4.90 Å². The molecule has 0 aromatic heterocycles. The van der Waals surface area contributed by atoms with Crippen molar-refractivity contribution in [3.05, 3.63) is 0 Å². The largest absolute Gasteiger partial charge is 0.376 e. The number of hydrogen-bond donors (Lipinski definition) is 1. The van der Waals surface area contributed by atoms with E-state index in [0.29, 0.717) is 19.6 Å². The normalized spacial score (nSPS) is 23.4. The number of urea groups is 1. The van der Waals surface area contributed by atoms with Crippen molar-refractivity contribution in [3.63, 3.8) is 0 Å². The Kier molecular flexibility index (Phi) is 8.18. The van der Waals surface area contributed by atoms with Crippen LogP contribution in [-0.4, -0.2) is 73.7 Å². The van der Waals surface area contributed by atoms with Crippen LogP contribution in [0.3, 0.4) is 0 Å². The highest BCUT2D eigenvalue weighted by Crippen LogP contribution is 2.15. The van der Waals surface area contributed by atoms with Crippen LogP contribution in [0.4, 0.5) is 13.6 Å². The third kappa shape index (κ3) is 6.51. The monoisotopic (exact) mass is 347 g/mol. The van der Waals surface area contributed by atoms with Crippen molar-refractivity contribution in [2.75, 3.05) is 39.3 Å². The molecule has 0 unspecified atom stereocenters. The lowest BCUT2D eigenvalue weighted by Gasteiger charge is -2.34. The van der Waals surface area contributed by atoms with Crippen molar-refractivity contribution in [1.29, 1.82) is 0 Å². The fourth-order valence-corrected chi connectivity index (χ4v) is 3.46. The summed E-state index contributed by atoms with van der Waals surface area (Å²) in [6.45, 7) is 5.28. The van der Waals surface area contributed by atoms with Crippen LogP contribution in [0.2, 0.25) is 0 Å². The SMILES string of the molecule is CCCN(C[C@@H]1CCCCO1)C(=O)NC1CCN(CC(F)F)CC1. The molecule has 24 heavy (non-hydrogen) atoms. The Bertz CT molecular complexity index is 371. The maximum atomic E-state index is 12.6. The lowest BCUT2D eigenvalue weighted by molar-refractivity contribution is 0.000327. The molecule has 1 N–H and O–H groups in total. The Balaban J connectivity index is 1.75. The summed E-state index contributed by atoms with van der Waals surface area (Å²) in [6.07, 6.45) is 3.52. The quantitative estimate of drug-likeness (QED) is 0.770. The molecule has 0 aromatic rings. The summed E-state index contributed by atoms with van der Waals surface area (Å²) >= 11 is 0. The Morgan fingerprint density at radius 1 is 1.29 bits per heavy atom. The summed E-state index contributed by atoms with van der Waals surface area (Å²) in [5.41, 5.74) is 0. The van der Waals surface area contributed by atoms with Crippen molar-refractivity contribution in [2.24, 2.45) is 0 Å². The van der Waals surface area contributed by atoms with Gasteiger partial charge in [-0.3, -0.25) is 4.90 Å². The molecule has 0 saturated carbocycles. The number of alkyl halides is 2. The Morgan fingerprint density at radius 2 is 2.04 bits per heavy atom. The highest BCUT2D eigenvalue weighted by atomic mass is 19.3. The molecule has 7 heteroatoms. The number of halogens is 2. The van der Waals surface area contributed by atoms with E-state index < -0.39 is 6.43 Å². The zero-order chi connectivity index (χ0) is 17.4. The molecule has 140 valence electrons. The first-order valence-corrected chi connectivity index (χ1v) is 9.26. The molecule has 0 spiro atoms. The molecular formula is C17H31F2N3O2. The molecular weight excluding hydrogens is 316 g/mol. The molecule has 0 radical (unpaired) electrons. The Labute approximate surface area is 143 Å². The van der Waals surface area contributed by atoms with E-state index >= 15 is 0 Å². The highest BCUT2D eigenvalue weighted by molar-refractivity contribution is 5.74. The third-order valence-electron chi connectivity index (χ3n) is 4.79. The molecule has 0 bridgehead atoms. The average Bonchev–Trinajstić information content (AvgIpc) is 2.57. The summed E-state index contributed by atoms with van der Waals surface area (Å²) in [4.78, 5) is 16.2. The Hall–Kier alpha value is -0.950. The summed E-state index contributed by atoms with van der Waals surface area (Å²) < 4.78 is 30.6. The second-order valence-corrected chi connectivity index (χ2v) is 6.85. The topological polar surface area (TPSA) is 44.8 Å². The van der Waals surface area contributed by atoms with Gasteiger partial charge in [0.25, 0.3) is 6.43 Å². The van der Waals surface area contributed by atoms with Gasteiger partial charge in [-0.1, -0.05) is 6.92 Å². The number of carbonyl (C=O) groups excluding carboxylic acids is 1. The minimum absolute atomic E-state index is 0.0432. The second-order valence-electron chi connectivity index (χ2n) is 6.85. The first-order chi connectivity index (χ1) is 11.6. The van der Waals surface area contributed by atoms with Crippen LogP contribution in [0.25, 0.3) is 0 Å². The van der Waals surface area contributed by atoms with Crippen LogP contribution in [0.1, 0.15) is 45.4 Å². The number of hydrogen-bond acceptors (Lipinski definition) is 3. The number of nitrogens with one attached hydrogen (secondary N) is 1. The first kappa shape index (κ1) is 19.4. The summed E-state index contributed by atoms with van der Waals surface area (Å²) in [5.74, 6) is 0. The van der Waals surface area contributed by atoms with Gasteiger partial charge in [0.05, 0.1) is 12.6 Å². The molecule has 2 saturated heterocycles. The lowest BCUT2D eigenvalue weighted by atomic mass is 10.1. The smallest absolute Gasteiger partial charge is 0.317 e. The maximum absolute atomic E-state index is 12.6. The molecule has 2 fully saturated rings. The number of carbonyl (C=O) groups is 1. The van der Waals surface area contributed by atoms with E-state index in [9.17, 15) is 13.6 Å². The van der Waals surface area contributed by atoms with Gasteiger partial charge in [0, 0.05) is 38.8 Å². The number of piperidine rings is 1. The van der Waals surface area contributed by atoms with Gasteiger partial charge in [-0.2, -0.15) is 0 Å². The van der Waals surface area contributed by atoms with Gasteiger partial charge >= 0.3 is 6.03 Å². The number of ether oxygens (including phenoxy) is 1. The molecule has 2 rings (SSSR count). The van der Waals surface area contributed by atoms with Crippen molar-refractivity contribution in [3.8, 4) is 0 Å². The number of nitrogens with zero attached hydrogens (tertiary/aromatic N) is 2. The van der Waals surface area contributed by atoms with E-state index in [-0.39, 0.29) is 24.7 Å². The van der Waals surface area contributed by atoms with Gasteiger partial charge in [-0.05, 0) is 38.5 Å². The van der Waals surface area contributed by atoms with Crippen LogP contribution < -0.4 is 5.32 Å². The molecule has 5 nitrogen and oxygen atoms in total. The van der Waals surface area contributed by atoms with Gasteiger partial charge in [0.2, 0.25) is 0 Å². The van der Waals surface area contributed by atoms with E-state index in [4.69, 9.17) is 4.74 Å². The fraction of sp³-hybridized carbons (Fsp3) is 0.941. The predicted octanol–water partition coefficient (Wildman–Crippen LogP) is 2.71. The molecule has 0 aromatic carbocycles. The molecule has 1 atom stereocenters. The standard InChI is InChI=1S/C17H31F2N3O2/c1-2-8-22(12-15-5-3-4-11-24-15)17(23)20-14-6-9-21(10-7-14)13-16(18)19/h14-16H,2-13H2,1H3,(H,20,23)/t15-/m0/s1. The van der Waals surface area contributed by atoms with Crippen molar-refractivity contribution in [1.82, 2.24) is 15.1 Å². The van der Waals surface area contributed by atoms with Crippen molar-refractivity contribution < 1.29 is 18.3 Å². The molecule has 2 heterocycles. The fourth-order valence-electron chi connectivity index (χ4n) is 3.46. The van der Waals surface area contributed by atoms with Gasteiger partial charge < -0.3 is 15.0 Å². The first-order valence-electron chi connectivity index (χ1n) is 9.26. The summed E-state index contributed by atoms with van der Waals surface area (Å²) in [7, 11) is 0. The predicted molar refractivity (Wildman–Crippen MR) is 89.5 cm³/mol. The van der Waals surface area contributed by atoms with Gasteiger partial charge in [0.15, 0.2) is 0 Å². The van der Waals surface area contributed by atoms with Crippen LogP contribution in [0.15, 0.2) is 0 Å². The van der Waals surface area contributed by atoms with Crippen LogP contribution in [0, 0.1) is 0 Å². The number of likely N-dealkylation sites (tertiary alicyclic amines) is 1. The molecule has 2 aliphatic heterocycles. The van der Waals surface area contributed by atoms with Gasteiger partial charge in [-0.15, -0.1) is 0 Å². The number of amides is 2. The molecule has 2 amide bonds. The highest BCUT2D eigenvalue weighted by Gasteiger charge is 2.26. The summed E-state index contributed by atoms with van der Waals surface area (Å²) in [6, 6.07) is 0.0383. The van der Waals surface area contributed by atoms with E-state index in [1.165, 1.54) is 0 Å². The van der Waals surface area contributed by atoms with E-state index in [1.807, 2.05) is 4.90 Å². The lowest BCUT2D eigenvalue weighted by Crippen LogP contribution is -2.51. The Morgan fingerprint density at radius 3 is 2.62 bits per heavy atom. The minimum Gasteiger partial charge on any atom is -0.376 e. The maximum Gasteiger partial charge on any atom is 0.317 e. The van der Waals surface area contributed by atoms with E-state index in [0.717, 1.165) is 51.7 Å². The van der Waals surface area contributed by atoms with Crippen molar-refractivity contribution in [2.45, 2.75) is 64.0 Å². The van der Waals surface area contributed by atoms with Crippen LogP contribution >= 0.6 is 0 Å².